The molecule has 146 valence electrons. The van der Waals surface area contributed by atoms with Crippen LogP contribution in [0.4, 0.5) is 10.1 Å². The topological polar surface area (TPSA) is 66.5 Å². The Morgan fingerprint density at radius 1 is 1.19 bits per heavy atom. The van der Waals surface area contributed by atoms with Crippen molar-refractivity contribution in [2.75, 3.05) is 10.8 Å². The SMILES string of the molecule is CCC(C)(C)NC(=O)CN(c1ccc(F)c(Cl)c1)S(=O)(=O)c1ccccc1. The smallest absolute Gasteiger partial charge is 0.264 e. The van der Waals surface area contributed by atoms with Gasteiger partial charge in [-0.25, -0.2) is 12.8 Å². The first-order valence-electron chi connectivity index (χ1n) is 8.40. The van der Waals surface area contributed by atoms with Gasteiger partial charge in [0.2, 0.25) is 5.91 Å². The highest BCUT2D eigenvalue weighted by Gasteiger charge is 2.29. The Kier molecular flexibility index (Phi) is 6.49. The highest BCUT2D eigenvalue weighted by molar-refractivity contribution is 7.92. The molecule has 27 heavy (non-hydrogen) atoms. The lowest BCUT2D eigenvalue weighted by molar-refractivity contribution is -0.121. The van der Waals surface area contributed by atoms with E-state index in [4.69, 9.17) is 11.6 Å². The van der Waals surface area contributed by atoms with E-state index in [9.17, 15) is 17.6 Å². The third kappa shape index (κ3) is 5.20. The molecule has 0 aromatic heterocycles. The first-order valence-corrected chi connectivity index (χ1v) is 10.2. The number of hydrogen-bond donors (Lipinski definition) is 1. The summed E-state index contributed by atoms with van der Waals surface area (Å²) in [6.07, 6.45) is 0.673. The van der Waals surface area contributed by atoms with Crippen LogP contribution in [-0.2, 0) is 14.8 Å². The quantitative estimate of drug-likeness (QED) is 0.748. The van der Waals surface area contributed by atoms with Crippen molar-refractivity contribution >= 4 is 33.2 Å². The highest BCUT2D eigenvalue weighted by atomic mass is 35.5. The number of nitrogens with zero attached hydrogens (tertiary/aromatic N) is 1. The molecular weight excluding hydrogens is 391 g/mol. The predicted octanol–water partition coefficient (Wildman–Crippen LogP) is 3.98. The fraction of sp³-hybridized carbons (Fsp3) is 0.316. The molecule has 0 bridgehead atoms. The first kappa shape index (κ1) is 21.2. The lowest BCUT2D eigenvalue weighted by atomic mass is 10.0. The summed E-state index contributed by atoms with van der Waals surface area (Å²) in [5.74, 6) is -1.14. The second kappa shape index (κ2) is 8.27. The molecule has 0 aliphatic rings. The van der Waals surface area contributed by atoms with Gasteiger partial charge in [-0.1, -0.05) is 36.7 Å². The number of sulfonamides is 1. The van der Waals surface area contributed by atoms with Gasteiger partial charge in [-0.15, -0.1) is 0 Å². The van der Waals surface area contributed by atoms with Crippen LogP contribution >= 0.6 is 11.6 Å². The summed E-state index contributed by atoms with van der Waals surface area (Å²) >= 11 is 5.82. The van der Waals surface area contributed by atoms with Crippen molar-refractivity contribution in [2.45, 2.75) is 37.6 Å². The van der Waals surface area contributed by atoms with Crippen molar-refractivity contribution in [1.29, 1.82) is 0 Å². The van der Waals surface area contributed by atoms with Gasteiger partial charge < -0.3 is 5.32 Å². The Labute approximate surface area is 164 Å². The average Bonchev–Trinajstić information content (AvgIpc) is 2.62. The van der Waals surface area contributed by atoms with E-state index in [-0.39, 0.29) is 15.6 Å². The molecule has 2 aromatic carbocycles. The van der Waals surface area contributed by atoms with Crippen molar-refractivity contribution in [1.82, 2.24) is 5.32 Å². The van der Waals surface area contributed by atoms with E-state index in [1.807, 2.05) is 20.8 Å². The van der Waals surface area contributed by atoms with Crippen LogP contribution in [0, 0.1) is 5.82 Å². The van der Waals surface area contributed by atoms with Gasteiger partial charge in [0.1, 0.15) is 12.4 Å². The molecule has 0 heterocycles. The normalized spacial score (nSPS) is 11.9. The molecule has 2 rings (SSSR count). The summed E-state index contributed by atoms with van der Waals surface area (Å²) in [7, 11) is -4.05. The number of hydrogen-bond acceptors (Lipinski definition) is 3. The van der Waals surface area contributed by atoms with Crippen LogP contribution in [0.15, 0.2) is 53.4 Å². The maximum atomic E-state index is 13.5. The molecule has 0 atom stereocenters. The van der Waals surface area contributed by atoms with Gasteiger partial charge in [-0.05, 0) is 50.6 Å². The minimum Gasteiger partial charge on any atom is -0.350 e. The van der Waals surface area contributed by atoms with Gasteiger partial charge >= 0.3 is 0 Å². The number of halogens is 2. The summed E-state index contributed by atoms with van der Waals surface area (Å²) in [4.78, 5) is 12.5. The summed E-state index contributed by atoms with van der Waals surface area (Å²) in [5, 5.41) is 2.58. The highest BCUT2D eigenvalue weighted by Crippen LogP contribution is 2.27. The van der Waals surface area contributed by atoms with Crippen LogP contribution in [0.5, 0.6) is 0 Å². The Bertz CT molecular complexity index is 918. The standard InChI is InChI=1S/C19H22ClFN2O3S/c1-4-19(2,3)22-18(24)13-23(14-10-11-17(21)16(20)12-14)27(25,26)15-8-6-5-7-9-15/h5-12H,4,13H2,1-3H3,(H,22,24). The minimum atomic E-state index is -4.05. The van der Waals surface area contributed by atoms with Gasteiger partial charge in [0.05, 0.1) is 15.6 Å². The van der Waals surface area contributed by atoms with E-state index in [2.05, 4.69) is 5.32 Å². The molecule has 0 unspecified atom stereocenters. The summed E-state index contributed by atoms with van der Waals surface area (Å²) in [5.41, 5.74) is -0.380. The minimum absolute atomic E-state index is 0.0213. The Hall–Kier alpha value is -2.12. The number of anilines is 1. The van der Waals surface area contributed by atoms with Crippen LogP contribution in [0.2, 0.25) is 5.02 Å². The Morgan fingerprint density at radius 3 is 2.37 bits per heavy atom. The molecule has 0 spiro atoms. The third-order valence-electron chi connectivity index (χ3n) is 4.17. The summed E-state index contributed by atoms with van der Waals surface area (Å²) in [6.45, 7) is 5.15. The van der Waals surface area contributed by atoms with Crippen molar-refractivity contribution < 1.29 is 17.6 Å². The molecule has 5 nitrogen and oxygen atoms in total. The fourth-order valence-corrected chi connectivity index (χ4v) is 3.92. The van der Waals surface area contributed by atoms with Crippen LogP contribution < -0.4 is 9.62 Å². The van der Waals surface area contributed by atoms with E-state index in [1.54, 1.807) is 18.2 Å². The number of rotatable bonds is 7. The van der Waals surface area contributed by atoms with Gasteiger partial charge in [0.25, 0.3) is 10.0 Å². The van der Waals surface area contributed by atoms with Crippen molar-refractivity contribution in [2.24, 2.45) is 0 Å². The maximum absolute atomic E-state index is 13.5. The fourth-order valence-electron chi connectivity index (χ4n) is 2.31. The molecule has 0 saturated carbocycles. The number of nitrogens with one attached hydrogen (secondary N) is 1. The van der Waals surface area contributed by atoms with E-state index in [1.165, 1.54) is 24.3 Å². The monoisotopic (exact) mass is 412 g/mol. The molecule has 0 fully saturated rings. The van der Waals surface area contributed by atoms with Gasteiger partial charge in [0.15, 0.2) is 0 Å². The van der Waals surface area contributed by atoms with Crippen molar-refractivity contribution in [3.63, 3.8) is 0 Å². The number of carbonyl (C=O) groups excluding carboxylic acids is 1. The molecule has 8 heteroatoms. The van der Waals surface area contributed by atoms with Crippen LogP contribution in [-0.4, -0.2) is 26.4 Å². The molecule has 0 aliphatic heterocycles. The van der Waals surface area contributed by atoms with Crippen LogP contribution in [0.1, 0.15) is 27.2 Å². The van der Waals surface area contributed by atoms with Crippen molar-refractivity contribution in [3.8, 4) is 0 Å². The third-order valence-corrected chi connectivity index (χ3v) is 6.25. The van der Waals surface area contributed by atoms with Gasteiger partial charge in [-0.3, -0.25) is 9.10 Å². The average molecular weight is 413 g/mol. The molecule has 1 amide bonds. The molecular formula is C19H22ClFN2O3S. The van der Waals surface area contributed by atoms with E-state index in [0.717, 1.165) is 10.4 Å². The number of carbonyl (C=O) groups is 1. The lowest BCUT2D eigenvalue weighted by Crippen LogP contribution is -2.48. The van der Waals surface area contributed by atoms with Crippen LogP contribution in [0.3, 0.4) is 0 Å². The van der Waals surface area contributed by atoms with Crippen LogP contribution in [0.25, 0.3) is 0 Å². The summed E-state index contributed by atoms with van der Waals surface area (Å²) < 4.78 is 40.7. The summed E-state index contributed by atoms with van der Waals surface area (Å²) in [6, 6.07) is 11.3. The molecule has 0 aliphatic carbocycles. The first-order chi connectivity index (χ1) is 12.6. The molecule has 1 N–H and O–H groups in total. The maximum Gasteiger partial charge on any atom is 0.264 e. The zero-order chi connectivity index (χ0) is 20.2. The van der Waals surface area contributed by atoms with Gasteiger partial charge in [0, 0.05) is 5.54 Å². The number of amides is 1. The molecule has 0 radical (unpaired) electrons. The second-order valence-electron chi connectivity index (χ2n) is 6.71. The van der Waals surface area contributed by atoms with Gasteiger partial charge in [-0.2, -0.15) is 0 Å². The van der Waals surface area contributed by atoms with E-state index in [0.29, 0.717) is 6.42 Å². The second-order valence-corrected chi connectivity index (χ2v) is 8.98. The molecule has 2 aromatic rings. The number of benzene rings is 2. The largest absolute Gasteiger partial charge is 0.350 e. The Morgan fingerprint density at radius 2 is 1.81 bits per heavy atom. The van der Waals surface area contributed by atoms with E-state index < -0.39 is 33.8 Å². The molecule has 0 saturated heterocycles. The van der Waals surface area contributed by atoms with E-state index >= 15 is 0 Å². The zero-order valence-corrected chi connectivity index (χ0v) is 16.9. The van der Waals surface area contributed by atoms with Crippen molar-refractivity contribution in [3.05, 3.63) is 59.4 Å². The lowest BCUT2D eigenvalue weighted by Gasteiger charge is -2.28. The predicted molar refractivity (Wildman–Crippen MR) is 105 cm³/mol. The zero-order valence-electron chi connectivity index (χ0n) is 15.4. The Balaban J connectivity index is 2.46.